The molecular formula is C25H26ClN5O4. The van der Waals surface area contributed by atoms with E-state index in [9.17, 15) is 9.59 Å². The lowest BCUT2D eigenvalue weighted by atomic mass is 10.2. The van der Waals surface area contributed by atoms with Crippen LogP contribution in [0.15, 0.2) is 58.1 Å². The summed E-state index contributed by atoms with van der Waals surface area (Å²) in [5.74, 6) is 0.602. The number of imidazole rings is 1. The summed E-state index contributed by atoms with van der Waals surface area (Å²) in [6, 6.07) is 15.4. The fraction of sp³-hybridized carbons (Fsp3) is 0.320. The van der Waals surface area contributed by atoms with Gasteiger partial charge in [-0.05, 0) is 35.4 Å². The first-order valence-electron chi connectivity index (χ1n) is 11.4. The summed E-state index contributed by atoms with van der Waals surface area (Å²) in [6.45, 7) is 4.36. The van der Waals surface area contributed by atoms with Crippen LogP contribution in [0.2, 0.25) is 5.02 Å². The molecule has 0 aliphatic carbocycles. The lowest BCUT2D eigenvalue weighted by Gasteiger charge is -2.26. The van der Waals surface area contributed by atoms with E-state index < -0.39 is 11.2 Å². The van der Waals surface area contributed by atoms with Crippen LogP contribution in [-0.2, 0) is 31.9 Å². The maximum atomic E-state index is 13.1. The summed E-state index contributed by atoms with van der Waals surface area (Å²) >= 11 is 6.05. The Balaban J connectivity index is 1.55. The van der Waals surface area contributed by atoms with Crippen molar-refractivity contribution in [2.24, 2.45) is 14.1 Å². The molecule has 2 aromatic carbocycles. The van der Waals surface area contributed by atoms with Crippen LogP contribution < -0.4 is 16.0 Å². The van der Waals surface area contributed by atoms with Crippen molar-refractivity contribution in [3.63, 3.8) is 0 Å². The minimum absolute atomic E-state index is 0.233. The number of rotatable bonds is 6. The second-order valence-electron chi connectivity index (χ2n) is 8.62. The van der Waals surface area contributed by atoms with E-state index >= 15 is 0 Å². The molecule has 0 N–H and O–H groups in total. The van der Waals surface area contributed by atoms with Crippen molar-refractivity contribution in [1.29, 1.82) is 0 Å². The molecule has 0 saturated carbocycles. The Morgan fingerprint density at radius 2 is 1.71 bits per heavy atom. The molecule has 0 amide bonds. The Hall–Kier alpha value is -3.40. The molecule has 1 aliphatic heterocycles. The molecule has 4 aromatic rings. The number of aromatic nitrogens is 4. The third-order valence-corrected chi connectivity index (χ3v) is 6.44. The summed E-state index contributed by atoms with van der Waals surface area (Å²) in [4.78, 5) is 32.5. The van der Waals surface area contributed by atoms with E-state index in [1.54, 1.807) is 23.7 Å². The maximum Gasteiger partial charge on any atom is 0.332 e. The SMILES string of the molecule is Cn1c(=O)c2c(nc(Oc3cccc(CN4CCOCC4)c3)n2Cc2ccc(Cl)cc2)n(C)c1=O. The summed E-state index contributed by atoms with van der Waals surface area (Å²) < 4.78 is 15.8. The van der Waals surface area contributed by atoms with Gasteiger partial charge in [-0.15, -0.1) is 0 Å². The zero-order valence-electron chi connectivity index (χ0n) is 19.6. The van der Waals surface area contributed by atoms with Gasteiger partial charge < -0.3 is 9.47 Å². The lowest BCUT2D eigenvalue weighted by Crippen LogP contribution is -2.37. The van der Waals surface area contributed by atoms with Crippen molar-refractivity contribution in [3.05, 3.63) is 85.5 Å². The van der Waals surface area contributed by atoms with Gasteiger partial charge in [0.25, 0.3) is 5.56 Å². The van der Waals surface area contributed by atoms with Crippen LogP contribution in [0.25, 0.3) is 11.2 Å². The van der Waals surface area contributed by atoms with Gasteiger partial charge in [-0.1, -0.05) is 35.9 Å². The molecule has 182 valence electrons. The number of ether oxygens (including phenoxy) is 2. The van der Waals surface area contributed by atoms with Gasteiger partial charge >= 0.3 is 11.7 Å². The fourth-order valence-corrected chi connectivity index (χ4v) is 4.38. The minimum atomic E-state index is -0.447. The molecule has 3 heterocycles. The highest BCUT2D eigenvalue weighted by Gasteiger charge is 2.21. The summed E-state index contributed by atoms with van der Waals surface area (Å²) in [5, 5.41) is 0.621. The molecule has 9 nitrogen and oxygen atoms in total. The summed E-state index contributed by atoms with van der Waals surface area (Å²) in [5.41, 5.74) is 1.71. The molecule has 1 fully saturated rings. The first kappa shape index (κ1) is 23.3. The van der Waals surface area contributed by atoms with Crippen molar-refractivity contribution >= 4 is 22.8 Å². The zero-order chi connectivity index (χ0) is 24.5. The Kier molecular flexibility index (Phi) is 6.46. The van der Waals surface area contributed by atoms with E-state index in [0.717, 1.165) is 48.5 Å². The number of halogens is 1. The highest BCUT2D eigenvalue weighted by atomic mass is 35.5. The van der Waals surface area contributed by atoms with Gasteiger partial charge in [-0.2, -0.15) is 4.98 Å². The number of fused-ring (bicyclic) bond motifs is 1. The minimum Gasteiger partial charge on any atom is -0.425 e. The zero-order valence-corrected chi connectivity index (χ0v) is 20.4. The standard InChI is InChI=1S/C25H26ClN5O4/c1-28-22-21(23(32)29(2)25(28)33)31(16-17-6-8-19(26)9-7-17)24(27-22)35-20-5-3-4-18(14-20)15-30-10-12-34-13-11-30/h3-9,14H,10-13,15-16H2,1-2H3. The van der Waals surface area contributed by atoms with Gasteiger partial charge in [0.1, 0.15) is 5.75 Å². The van der Waals surface area contributed by atoms with Gasteiger partial charge in [-0.25, -0.2) is 4.79 Å². The monoisotopic (exact) mass is 495 g/mol. The second kappa shape index (κ2) is 9.69. The van der Waals surface area contributed by atoms with E-state index in [0.29, 0.717) is 22.8 Å². The van der Waals surface area contributed by atoms with Gasteiger partial charge in [0.05, 0.1) is 19.8 Å². The van der Waals surface area contributed by atoms with E-state index in [1.165, 1.54) is 11.6 Å². The Morgan fingerprint density at radius 3 is 2.46 bits per heavy atom. The Bertz CT molecular complexity index is 1480. The smallest absolute Gasteiger partial charge is 0.332 e. The predicted molar refractivity (Wildman–Crippen MR) is 133 cm³/mol. The number of hydrogen-bond acceptors (Lipinski definition) is 6. The predicted octanol–water partition coefficient (Wildman–Crippen LogP) is 2.76. The maximum absolute atomic E-state index is 13.1. The molecule has 2 aromatic heterocycles. The van der Waals surface area contributed by atoms with E-state index in [4.69, 9.17) is 21.1 Å². The molecule has 0 atom stereocenters. The van der Waals surface area contributed by atoms with Crippen LogP contribution in [0.3, 0.4) is 0 Å². The molecule has 0 spiro atoms. The summed E-state index contributed by atoms with van der Waals surface area (Å²) in [6.07, 6.45) is 0. The van der Waals surface area contributed by atoms with Crippen LogP contribution in [0, 0.1) is 0 Å². The normalized spacial score (nSPS) is 14.5. The lowest BCUT2D eigenvalue weighted by molar-refractivity contribution is 0.0342. The highest BCUT2D eigenvalue weighted by Crippen LogP contribution is 2.26. The van der Waals surface area contributed by atoms with Crippen LogP contribution in [0.4, 0.5) is 0 Å². The quantitative estimate of drug-likeness (QED) is 0.409. The van der Waals surface area contributed by atoms with Crippen molar-refractivity contribution in [2.45, 2.75) is 13.1 Å². The molecule has 0 bridgehead atoms. The Labute approximate surface area is 206 Å². The van der Waals surface area contributed by atoms with Crippen LogP contribution in [-0.4, -0.2) is 49.9 Å². The van der Waals surface area contributed by atoms with E-state index in [1.807, 2.05) is 30.3 Å². The van der Waals surface area contributed by atoms with Crippen LogP contribution in [0.1, 0.15) is 11.1 Å². The molecule has 1 saturated heterocycles. The number of benzene rings is 2. The molecule has 0 radical (unpaired) electrons. The summed E-state index contributed by atoms with van der Waals surface area (Å²) in [7, 11) is 3.05. The van der Waals surface area contributed by atoms with Crippen LogP contribution >= 0.6 is 11.6 Å². The molecule has 35 heavy (non-hydrogen) atoms. The van der Waals surface area contributed by atoms with Crippen molar-refractivity contribution in [3.8, 4) is 11.8 Å². The molecule has 0 unspecified atom stereocenters. The number of hydrogen-bond donors (Lipinski definition) is 0. The fourth-order valence-electron chi connectivity index (χ4n) is 4.25. The average molecular weight is 496 g/mol. The molecular weight excluding hydrogens is 470 g/mol. The largest absolute Gasteiger partial charge is 0.425 e. The third-order valence-electron chi connectivity index (χ3n) is 6.18. The van der Waals surface area contributed by atoms with Gasteiger partial charge in [0, 0.05) is 38.8 Å². The van der Waals surface area contributed by atoms with Gasteiger partial charge in [-0.3, -0.25) is 23.4 Å². The van der Waals surface area contributed by atoms with Gasteiger partial charge in [0.2, 0.25) is 0 Å². The number of morpholine rings is 1. The van der Waals surface area contributed by atoms with Crippen molar-refractivity contribution < 1.29 is 9.47 Å². The molecule has 10 heteroatoms. The van der Waals surface area contributed by atoms with E-state index in [2.05, 4.69) is 16.0 Å². The first-order valence-corrected chi connectivity index (χ1v) is 11.8. The number of aryl methyl sites for hydroxylation is 1. The Morgan fingerprint density at radius 1 is 0.971 bits per heavy atom. The topological polar surface area (TPSA) is 83.5 Å². The highest BCUT2D eigenvalue weighted by molar-refractivity contribution is 6.30. The first-order chi connectivity index (χ1) is 16.9. The average Bonchev–Trinajstić information content (AvgIpc) is 3.21. The second-order valence-corrected chi connectivity index (χ2v) is 9.06. The van der Waals surface area contributed by atoms with E-state index in [-0.39, 0.29) is 11.7 Å². The van der Waals surface area contributed by atoms with Crippen LogP contribution in [0.5, 0.6) is 11.8 Å². The van der Waals surface area contributed by atoms with Crippen molar-refractivity contribution in [2.75, 3.05) is 26.3 Å². The number of nitrogens with zero attached hydrogens (tertiary/aromatic N) is 5. The third kappa shape index (κ3) is 4.75. The van der Waals surface area contributed by atoms with Gasteiger partial charge in [0.15, 0.2) is 11.2 Å². The van der Waals surface area contributed by atoms with Crippen molar-refractivity contribution in [1.82, 2.24) is 23.6 Å². The molecule has 5 rings (SSSR count). The molecule has 1 aliphatic rings.